The zero-order valence-corrected chi connectivity index (χ0v) is 12.0. The molecule has 0 radical (unpaired) electrons. The van der Waals surface area contributed by atoms with E-state index in [1.165, 1.54) is 0 Å². The van der Waals surface area contributed by atoms with Gasteiger partial charge in [0.1, 0.15) is 5.82 Å². The highest BCUT2D eigenvalue weighted by Gasteiger charge is 2.08. The highest BCUT2D eigenvalue weighted by molar-refractivity contribution is 9.10. The van der Waals surface area contributed by atoms with Gasteiger partial charge in [0.2, 0.25) is 0 Å². The Bertz CT molecular complexity index is 716. The first kappa shape index (κ1) is 11.8. The van der Waals surface area contributed by atoms with Crippen molar-refractivity contribution in [2.24, 2.45) is 0 Å². The minimum Gasteiger partial charge on any atom is -0.338 e. The predicted molar refractivity (Wildman–Crippen MR) is 79.0 cm³/mol. The third-order valence-electron chi connectivity index (χ3n) is 2.86. The molecule has 1 heterocycles. The third kappa shape index (κ3) is 2.04. The highest BCUT2D eigenvalue weighted by Crippen LogP contribution is 2.26. The van der Waals surface area contributed by atoms with Gasteiger partial charge in [0.15, 0.2) is 0 Å². The number of fused-ring (bicyclic) bond motifs is 1. The van der Waals surface area contributed by atoms with Crippen molar-refractivity contribution in [3.63, 3.8) is 0 Å². The smallest absolute Gasteiger partial charge is 0.138 e. The minimum atomic E-state index is 0.730. The fourth-order valence-electron chi connectivity index (χ4n) is 1.99. The van der Waals surface area contributed by atoms with E-state index >= 15 is 0 Å². The summed E-state index contributed by atoms with van der Waals surface area (Å²) in [6.45, 7) is 2.06. The average Bonchev–Trinajstić information content (AvgIpc) is 2.74. The van der Waals surface area contributed by atoms with Crippen LogP contribution in [0.3, 0.4) is 0 Å². The molecule has 0 amide bonds. The molecule has 2 nitrogen and oxygen atoms in total. The zero-order chi connectivity index (χ0) is 12.7. The molecular weight excluding hydrogens is 312 g/mol. The van der Waals surface area contributed by atoms with E-state index in [1.54, 1.807) is 0 Å². The van der Waals surface area contributed by atoms with Crippen LogP contribution >= 0.6 is 27.5 Å². The molecule has 0 aliphatic heterocycles. The van der Waals surface area contributed by atoms with Gasteiger partial charge in [-0.1, -0.05) is 27.5 Å². The van der Waals surface area contributed by atoms with E-state index in [0.29, 0.717) is 0 Å². The Kier molecular flexibility index (Phi) is 2.88. The number of H-pyrrole nitrogens is 1. The van der Waals surface area contributed by atoms with Crippen LogP contribution in [0, 0.1) is 6.92 Å². The molecular formula is C14H10BrClN2. The molecule has 0 bridgehead atoms. The van der Waals surface area contributed by atoms with Crippen LogP contribution in [0.1, 0.15) is 5.56 Å². The number of hydrogen-bond acceptors (Lipinski definition) is 1. The summed E-state index contributed by atoms with van der Waals surface area (Å²) in [5.74, 6) is 0.864. The SMILES string of the molecule is Cc1cc(Br)cc2[nH]c(-c3ccc(Cl)cc3)nc12. The lowest BCUT2D eigenvalue weighted by molar-refractivity contribution is 1.33. The maximum Gasteiger partial charge on any atom is 0.138 e. The van der Waals surface area contributed by atoms with Crippen LogP contribution in [-0.2, 0) is 0 Å². The first-order valence-electron chi connectivity index (χ1n) is 5.55. The summed E-state index contributed by atoms with van der Waals surface area (Å²) in [6, 6.07) is 11.8. The maximum absolute atomic E-state index is 5.89. The number of aryl methyl sites for hydroxylation is 1. The standard InChI is InChI=1S/C14H10BrClN2/c1-8-6-10(15)7-12-13(8)18-14(17-12)9-2-4-11(16)5-3-9/h2-7H,1H3,(H,17,18). The topological polar surface area (TPSA) is 28.7 Å². The second kappa shape index (κ2) is 4.41. The summed E-state index contributed by atoms with van der Waals surface area (Å²) >= 11 is 9.38. The van der Waals surface area contributed by atoms with Gasteiger partial charge < -0.3 is 4.98 Å². The summed E-state index contributed by atoms with van der Waals surface area (Å²) in [4.78, 5) is 7.96. The molecule has 0 unspecified atom stereocenters. The number of rotatable bonds is 1. The number of hydrogen-bond donors (Lipinski definition) is 1. The molecule has 1 N–H and O–H groups in total. The average molecular weight is 322 g/mol. The molecule has 0 saturated heterocycles. The zero-order valence-electron chi connectivity index (χ0n) is 9.67. The third-order valence-corrected chi connectivity index (χ3v) is 3.57. The summed E-state index contributed by atoms with van der Waals surface area (Å²) in [6.07, 6.45) is 0. The highest BCUT2D eigenvalue weighted by atomic mass is 79.9. The molecule has 18 heavy (non-hydrogen) atoms. The molecule has 3 rings (SSSR count). The van der Waals surface area contributed by atoms with Crippen LogP contribution in [0.2, 0.25) is 5.02 Å². The molecule has 90 valence electrons. The van der Waals surface area contributed by atoms with Crippen molar-refractivity contribution in [1.29, 1.82) is 0 Å². The van der Waals surface area contributed by atoms with Crippen LogP contribution in [-0.4, -0.2) is 9.97 Å². The minimum absolute atomic E-state index is 0.730. The van der Waals surface area contributed by atoms with Crippen molar-refractivity contribution in [2.45, 2.75) is 6.92 Å². The molecule has 0 saturated carbocycles. The van der Waals surface area contributed by atoms with Crippen LogP contribution in [0.15, 0.2) is 40.9 Å². The fraction of sp³-hybridized carbons (Fsp3) is 0.0714. The van der Waals surface area contributed by atoms with E-state index in [2.05, 4.69) is 38.9 Å². The van der Waals surface area contributed by atoms with Crippen molar-refractivity contribution >= 4 is 38.6 Å². The fourth-order valence-corrected chi connectivity index (χ4v) is 2.69. The second-order valence-corrected chi connectivity index (χ2v) is 5.56. The van der Waals surface area contributed by atoms with Gasteiger partial charge in [-0.25, -0.2) is 4.98 Å². The van der Waals surface area contributed by atoms with Gasteiger partial charge in [-0.3, -0.25) is 0 Å². The first-order chi connectivity index (χ1) is 8.63. The lowest BCUT2D eigenvalue weighted by Gasteiger charge is -1.95. The van der Waals surface area contributed by atoms with E-state index in [9.17, 15) is 0 Å². The van der Waals surface area contributed by atoms with Gasteiger partial charge >= 0.3 is 0 Å². The largest absolute Gasteiger partial charge is 0.338 e. The summed E-state index contributed by atoms with van der Waals surface area (Å²) in [7, 11) is 0. The number of nitrogens with one attached hydrogen (secondary N) is 1. The molecule has 0 fully saturated rings. The molecule has 0 spiro atoms. The Morgan fingerprint density at radius 2 is 1.89 bits per heavy atom. The number of benzene rings is 2. The molecule has 2 aromatic carbocycles. The molecule has 4 heteroatoms. The van der Waals surface area contributed by atoms with Crippen molar-refractivity contribution < 1.29 is 0 Å². The van der Waals surface area contributed by atoms with Crippen LogP contribution in [0.25, 0.3) is 22.4 Å². The Morgan fingerprint density at radius 3 is 2.61 bits per heavy atom. The number of imidazole rings is 1. The van der Waals surface area contributed by atoms with Crippen molar-refractivity contribution in [1.82, 2.24) is 9.97 Å². The quantitative estimate of drug-likeness (QED) is 0.674. The predicted octanol–water partition coefficient (Wildman–Crippen LogP) is 4.95. The van der Waals surface area contributed by atoms with Crippen molar-refractivity contribution in [3.8, 4) is 11.4 Å². The van der Waals surface area contributed by atoms with Gasteiger partial charge in [0.05, 0.1) is 11.0 Å². The van der Waals surface area contributed by atoms with Gasteiger partial charge in [-0.15, -0.1) is 0 Å². The molecule has 0 aliphatic carbocycles. The second-order valence-electron chi connectivity index (χ2n) is 4.21. The maximum atomic E-state index is 5.89. The Balaban J connectivity index is 2.19. The number of aromatic nitrogens is 2. The van der Waals surface area contributed by atoms with E-state index in [0.717, 1.165) is 37.5 Å². The van der Waals surface area contributed by atoms with Crippen molar-refractivity contribution in [3.05, 3.63) is 51.5 Å². The normalized spacial score (nSPS) is 11.1. The number of halogens is 2. The summed E-state index contributed by atoms with van der Waals surface area (Å²) in [5, 5.41) is 0.730. The van der Waals surface area contributed by atoms with Gasteiger partial charge in [0, 0.05) is 15.1 Å². The molecule has 3 aromatic rings. The Hall–Kier alpha value is -1.32. The molecule has 1 aromatic heterocycles. The summed E-state index contributed by atoms with van der Waals surface area (Å²) in [5.41, 5.74) is 4.22. The first-order valence-corrected chi connectivity index (χ1v) is 6.72. The lowest BCUT2D eigenvalue weighted by Crippen LogP contribution is -1.79. The monoisotopic (exact) mass is 320 g/mol. The number of nitrogens with zero attached hydrogens (tertiary/aromatic N) is 1. The summed E-state index contributed by atoms with van der Waals surface area (Å²) < 4.78 is 1.05. The van der Waals surface area contributed by atoms with Crippen LogP contribution < -0.4 is 0 Å². The lowest BCUT2D eigenvalue weighted by atomic mass is 10.2. The van der Waals surface area contributed by atoms with Gasteiger partial charge in [0.25, 0.3) is 0 Å². The molecule has 0 atom stereocenters. The van der Waals surface area contributed by atoms with E-state index < -0.39 is 0 Å². The van der Waals surface area contributed by atoms with Gasteiger partial charge in [-0.2, -0.15) is 0 Å². The van der Waals surface area contributed by atoms with E-state index in [1.807, 2.05) is 30.3 Å². The van der Waals surface area contributed by atoms with Crippen molar-refractivity contribution in [2.75, 3.05) is 0 Å². The Labute approximate surface area is 118 Å². The molecule has 0 aliphatic rings. The van der Waals surface area contributed by atoms with E-state index in [4.69, 9.17) is 11.6 Å². The van der Waals surface area contributed by atoms with E-state index in [-0.39, 0.29) is 0 Å². The van der Waals surface area contributed by atoms with Crippen LogP contribution in [0.5, 0.6) is 0 Å². The van der Waals surface area contributed by atoms with Gasteiger partial charge in [-0.05, 0) is 48.9 Å². The Morgan fingerprint density at radius 1 is 1.17 bits per heavy atom. The van der Waals surface area contributed by atoms with Crippen LogP contribution in [0.4, 0.5) is 0 Å². The number of aromatic amines is 1.